The van der Waals surface area contributed by atoms with Crippen molar-refractivity contribution in [3.8, 4) is 0 Å². The number of carbonyl (C=O) groups is 2. The molecule has 3 heterocycles. The Morgan fingerprint density at radius 1 is 1.14 bits per heavy atom. The third-order valence-corrected chi connectivity index (χ3v) is 6.44. The summed E-state index contributed by atoms with van der Waals surface area (Å²) in [6.07, 6.45) is 8.54. The largest absolute Gasteiger partial charge is 0.366 e. The summed E-state index contributed by atoms with van der Waals surface area (Å²) in [5, 5.41) is 4.37. The van der Waals surface area contributed by atoms with Crippen molar-refractivity contribution in [2.75, 3.05) is 25.0 Å². The summed E-state index contributed by atoms with van der Waals surface area (Å²) >= 11 is 12.4. The van der Waals surface area contributed by atoms with Gasteiger partial charge in [-0.05, 0) is 61.6 Å². The van der Waals surface area contributed by atoms with E-state index in [0.717, 1.165) is 32.1 Å². The van der Waals surface area contributed by atoms with Gasteiger partial charge in [-0.2, -0.15) is 0 Å². The third-order valence-electron chi connectivity index (χ3n) is 5.91. The van der Waals surface area contributed by atoms with E-state index in [1.807, 2.05) is 4.90 Å². The molecule has 0 saturated carbocycles. The quantitative estimate of drug-likeness (QED) is 0.407. The normalized spacial score (nSPS) is 19.0. The van der Waals surface area contributed by atoms with Crippen molar-refractivity contribution in [3.05, 3.63) is 63.8 Å². The van der Waals surface area contributed by atoms with Gasteiger partial charge in [-0.1, -0.05) is 29.3 Å². The number of pyridine rings is 1. The highest BCUT2D eigenvalue weighted by Gasteiger charge is 2.24. The predicted octanol–water partition coefficient (Wildman–Crippen LogP) is 4.69. The lowest BCUT2D eigenvalue weighted by Gasteiger charge is -2.33. The summed E-state index contributed by atoms with van der Waals surface area (Å²) in [4.78, 5) is 36.2. The Labute approximate surface area is 214 Å². The molecule has 35 heavy (non-hydrogen) atoms. The molecule has 0 spiro atoms. The second kappa shape index (κ2) is 12.4. The molecule has 2 amide bonds. The molecule has 0 radical (unpaired) electrons. The highest BCUT2D eigenvalue weighted by Crippen LogP contribution is 2.24. The molecule has 8 nitrogen and oxygen atoms in total. The van der Waals surface area contributed by atoms with Gasteiger partial charge in [0.25, 0.3) is 11.8 Å². The number of ether oxygens (including phenoxy) is 1. The number of halogens is 2. The van der Waals surface area contributed by atoms with Gasteiger partial charge in [-0.25, -0.2) is 15.3 Å². The minimum Gasteiger partial charge on any atom is -0.366 e. The number of likely N-dealkylation sites (tertiary alicyclic amines) is 1. The van der Waals surface area contributed by atoms with Gasteiger partial charge in [-0.3, -0.25) is 9.59 Å². The van der Waals surface area contributed by atoms with Crippen molar-refractivity contribution in [1.82, 2.24) is 15.4 Å². The Kier molecular flexibility index (Phi) is 8.98. The van der Waals surface area contributed by atoms with Crippen LogP contribution in [0.2, 0.25) is 10.0 Å². The zero-order valence-electron chi connectivity index (χ0n) is 19.2. The molecular formula is C25H28Cl2N4O4. The molecular weight excluding hydrogens is 491 g/mol. The first kappa shape index (κ1) is 25.4. The van der Waals surface area contributed by atoms with Crippen molar-refractivity contribution in [2.45, 2.75) is 44.4 Å². The van der Waals surface area contributed by atoms with Crippen LogP contribution in [0.15, 0.2) is 42.6 Å². The Morgan fingerprint density at radius 2 is 1.97 bits per heavy atom. The van der Waals surface area contributed by atoms with Gasteiger partial charge in [0.1, 0.15) is 5.82 Å². The van der Waals surface area contributed by atoms with Crippen molar-refractivity contribution >= 4 is 46.9 Å². The monoisotopic (exact) mass is 518 g/mol. The van der Waals surface area contributed by atoms with Crippen LogP contribution in [0.5, 0.6) is 0 Å². The second-order valence-electron chi connectivity index (χ2n) is 8.53. The van der Waals surface area contributed by atoms with Crippen molar-refractivity contribution < 1.29 is 19.2 Å². The van der Waals surface area contributed by atoms with Crippen LogP contribution in [0.3, 0.4) is 0 Å². The molecule has 2 aromatic rings. The average Bonchev–Trinajstić information content (AvgIpc) is 2.88. The Morgan fingerprint density at radius 3 is 2.69 bits per heavy atom. The molecule has 1 atom stereocenters. The summed E-state index contributed by atoms with van der Waals surface area (Å²) in [5.41, 5.74) is 3.66. The molecule has 1 unspecified atom stereocenters. The van der Waals surface area contributed by atoms with E-state index in [2.05, 4.69) is 15.8 Å². The number of hydroxylamine groups is 1. The maximum Gasteiger partial charge on any atom is 0.267 e. The fourth-order valence-electron chi connectivity index (χ4n) is 4.01. The van der Waals surface area contributed by atoms with Gasteiger partial charge < -0.3 is 15.0 Å². The number of nitrogens with zero attached hydrogens (tertiary/aromatic N) is 2. The molecule has 2 N–H and O–H groups in total. The first-order valence-corrected chi connectivity index (χ1v) is 12.5. The topological polar surface area (TPSA) is 92.8 Å². The molecule has 0 aliphatic carbocycles. The van der Waals surface area contributed by atoms with E-state index in [1.165, 1.54) is 6.08 Å². The Balaban J connectivity index is 1.24. The van der Waals surface area contributed by atoms with Crippen LogP contribution >= 0.6 is 23.2 Å². The minimum atomic E-state index is -0.399. The first-order valence-electron chi connectivity index (χ1n) is 11.7. The van der Waals surface area contributed by atoms with Crippen LogP contribution in [0, 0.1) is 0 Å². The number of rotatable bonds is 7. The van der Waals surface area contributed by atoms with E-state index < -0.39 is 12.2 Å². The standard InChI is InChI=1S/C25H28Cl2N4O4/c26-19-5-3-4-18(15-19)25(33)31-11-9-20(10-12-31)29-24-21(27)14-17(16-28-24)7-8-22(32)30-35-23-6-1-2-13-34-23/h3-5,7-8,14-16,20,23H,1-2,6,9-13H2,(H,28,29)(H,30,32)/b8-7+. The first-order chi connectivity index (χ1) is 17.0. The van der Waals surface area contributed by atoms with Crippen molar-refractivity contribution in [3.63, 3.8) is 0 Å². The maximum atomic E-state index is 12.7. The molecule has 0 bridgehead atoms. The van der Waals surface area contributed by atoms with Gasteiger partial charge >= 0.3 is 0 Å². The van der Waals surface area contributed by atoms with Crippen LogP contribution in [-0.4, -0.2) is 53.7 Å². The van der Waals surface area contributed by atoms with E-state index in [4.69, 9.17) is 32.8 Å². The van der Waals surface area contributed by atoms with E-state index >= 15 is 0 Å². The zero-order chi connectivity index (χ0) is 24.6. The fourth-order valence-corrected chi connectivity index (χ4v) is 4.43. The predicted molar refractivity (Wildman–Crippen MR) is 135 cm³/mol. The van der Waals surface area contributed by atoms with Gasteiger partial charge in [0.2, 0.25) is 0 Å². The summed E-state index contributed by atoms with van der Waals surface area (Å²) in [6.45, 7) is 1.90. The number of aromatic nitrogens is 1. The molecule has 4 rings (SSSR count). The van der Waals surface area contributed by atoms with Gasteiger partial charge in [0.15, 0.2) is 6.29 Å². The lowest BCUT2D eigenvalue weighted by atomic mass is 10.0. The van der Waals surface area contributed by atoms with Crippen LogP contribution in [-0.2, 0) is 14.4 Å². The van der Waals surface area contributed by atoms with Crippen molar-refractivity contribution in [2.24, 2.45) is 0 Å². The van der Waals surface area contributed by atoms with E-state index in [0.29, 0.717) is 46.7 Å². The number of carbonyl (C=O) groups excluding carboxylic acids is 2. The zero-order valence-corrected chi connectivity index (χ0v) is 20.7. The number of amides is 2. The van der Waals surface area contributed by atoms with Gasteiger partial charge in [0.05, 0.1) is 5.02 Å². The van der Waals surface area contributed by atoms with E-state index in [-0.39, 0.29) is 11.9 Å². The highest BCUT2D eigenvalue weighted by atomic mass is 35.5. The lowest BCUT2D eigenvalue weighted by molar-refractivity contribution is -0.198. The summed E-state index contributed by atoms with van der Waals surface area (Å²) in [5.74, 6) is 0.168. The molecule has 186 valence electrons. The number of nitrogens with one attached hydrogen (secondary N) is 2. The molecule has 10 heteroatoms. The minimum absolute atomic E-state index is 0.0149. The van der Waals surface area contributed by atoms with Crippen LogP contribution in [0.25, 0.3) is 6.08 Å². The summed E-state index contributed by atoms with van der Waals surface area (Å²) in [7, 11) is 0. The molecule has 1 aromatic carbocycles. The molecule has 2 aliphatic rings. The Bertz CT molecular complexity index is 1070. The second-order valence-corrected chi connectivity index (χ2v) is 9.38. The van der Waals surface area contributed by atoms with Crippen LogP contribution < -0.4 is 10.8 Å². The van der Waals surface area contributed by atoms with Crippen LogP contribution in [0.4, 0.5) is 5.82 Å². The highest BCUT2D eigenvalue weighted by molar-refractivity contribution is 6.33. The molecule has 2 aliphatic heterocycles. The van der Waals surface area contributed by atoms with Gasteiger partial charge in [0, 0.05) is 55.0 Å². The number of hydrogen-bond donors (Lipinski definition) is 2. The molecule has 1 aromatic heterocycles. The Hall–Kier alpha value is -2.65. The van der Waals surface area contributed by atoms with Crippen LogP contribution in [0.1, 0.15) is 48.0 Å². The lowest BCUT2D eigenvalue weighted by Crippen LogP contribution is -2.42. The summed E-state index contributed by atoms with van der Waals surface area (Å²) < 4.78 is 5.40. The average molecular weight is 519 g/mol. The van der Waals surface area contributed by atoms with E-state index in [9.17, 15) is 9.59 Å². The molecule has 2 saturated heterocycles. The number of piperidine rings is 1. The van der Waals surface area contributed by atoms with Crippen molar-refractivity contribution in [1.29, 1.82) is 0 Å². The van der Waals surface area contributed by atoms with E-state index in [1.54, 1.807) is 42.6 Å². The SMILES string of the molecule is O=C(/C=C/c1cnc(NC2CCN(C(=O)c3cccc(Cl)c3)CC2)c(Cl)c1)NOC1CCCCO1. The van der Waals surface area contributed by atoms with Gasteiger partial charge in [-0.15, -0.1) is 0 Å². The smallest absolute Gasteiger partial charge is 0.267 e. The number of hydrogen-bond acceptors (Lipinski definition) is 6. The fraction of sp³-hybridized carbons (Fsp3) is 0.400. The third kappa shape index (κ3) is 7.41. The maximum absolute atomic E-state index is 12.7. The number of benzene rings is 1. The number of anilines is 1. The molecule has 2 fully saturated rings. The summed E-state index contributed by atoms with van der Waals surface area (Å²) in [6, 6.07) is 8.89.